The van der Waals surface area contributed by atoms with Crippen molar-refractivity contribution < 1.29 is 14.3 Å². The molecule has 3 rings (SSSR count). The molecule has 6 heteroatoms. The third-order valence-electron chi connectivity index (χ3n) is 4.75. The predicted molar refractivity (Wildman–Crippen MR) is 108 cm³/mol. The van der Waals surface area contributed by atoms with Crippen LogP contribution >= 0.6 is 11.3 Å². The zero-order valence-corrected chi connectivity index (χ0v) is 16.9. The van der Waals surface area contributed by atoms with Crippen molar-refractivity contribution in [1.29, 1.82) is 0 Å². The van der Waals surface area contributed by atoms with Gasteiger partial charge in [-0.05, 0) is 47.1 Å². The fourth-order valence-corrected chi connectivity index (χ4v) is 4.07. The first-order chi connectivity index (χ1) is 13.1. The molecule has 0 atom stereocenters. The van der Waals surface area contributed by atoms with Crippen molar-refractivity contribution in [2.45, 2.75) is 32.0 Å². The molecule has 1 aromatic heterocycles. The normalized spacial score (nSPS) is 15.3. The highest BCUT2D eigenvalue weighted by Crippen LogP contribution is 2.21. The smallest absolute Gasteiger partial charge is 0.248 e. The van der Waals surface area contributed by atoms with Crippen molar-refractivity contribution in [3.05, 3.63) is 52.2 Å². The maximum atomic E-state index is 11.9. The summed E-state index contributed by atoms with van der Waals surface area (Å²) in [6.45, 7) is 3.46. The van der Waals surface area contributed by atoms with Crippen LogP contribution in [0.3, 0.4) is 0 Å². The van der Waals surface area contributed by atoms with E-state index in [2.05, 4.69) is 47.0 Å². The van der Waals surface area contributed by atoms with Gasteiger partial charge in [-0.3, -0.25) is 9.69 Å². The Labute approximate surface area is 165 Å². The van der Waals surface area contributed by atoms with Crippen LogP contribution in [0.15, 0.2) is 41.1 Å². The average molecular weight is 389 g/mol. The second-order valence-electron chi connectivity index (χ2n) is 7.08. The Morgan fingerprint density at radius 2 is 2.00 bits per heavy atom. The Morgan fingerprint density at radius 3 is 2.70 bits per heavy atom. The molecule has 0 spiro atoms. The highest BCUT2D eigenvalue weighted by atomic mass is 32.1. The minimum atomic E-state index is 0.0617. The number of benzene rings is 1. The summed E-state index contributed by atoms with van der Waals surface area (Å²) in [7, 11) is 3.69. The van der Waals surface area contributed by atoms with Crippen molar-refractivity contribution >= 4 is 17.2 Å². The molecule has 5 nitrogen and oxygen atoms in total. The van der Waals surface area contributed by atoms with Crippen LogP contribution in [0, 0.1) is 0 Å². The number of likely N-dealkylation sites (tertiary alicyclic amines) is 1. The number of thiophene rings is 1. The van der Waals surface area contributed by atoms with Gasteiger partial charge in [0.25, 0.3) is 0 Å². The number of ether oxygens (including phenoxy) is 2. The van der Waals surface area contributed by atoms with Crippen molar-refractivity contribution in [3.8, 4) is 5.75 Å². The summed E-state index contributed by atoms with van der Waals surface area (Å²) in [5.74, 6) is 0.977. The molecule has 1 aliphatic heterocycles. The molecule has 0 N–H and O–H groups in total. The highest BCUT2D eigenvalue weighted by molar-refractivity contribution is 7.07. The van der Waals surface area contributed by atoms with E-state index in [0.29, 0.717) is 0 Å². The third-order valence-corrected chi connectivity index (χ3v) is 5.48. The molecule has 2 aromatic rings. The number of amides is 1. The lowest BCUT2D eigenvalue weighted by molar-refractivity contribution is -0.136. The van der Waals surface area contributed by atoms with E-state index in [0.717, 1.165) is 44.8 Å². The molecule has 146 valence electrons. The Hall–Kier alpha value is -1.89. The summed E-state index contributed by atoms with van der Waals surface area (Å²) in [6.07, 6.45) is 1.88. The molecule has 0 radical (unpaired) electrons. The standard InChI is InChI=1S/C21H28N2O3S/c1-22(14-18-8-11-27-16-18)13-17-4-3-5-20(12-17)26-19-6-9-23(10-7-19)21(24)15-25-2/h3-5,8,11-12,16,19H,6-7,9-10,13-15H2,1-2H3. The van der Waals surface area contributed by atoms with Crippen molar-refractivity contribution in [2.75, 3.05) is 33.9 Å². The lowest BCUT2D eigenvalue weighted by Crippen LogP contribution is -2.43. The quantitative estimate of drug-likeness (QED) is 0.695. The van der Waals surface area contributed by atoms with E-state index in [1.807, 2.05) is 11.0 Å². The summed E-state index contributed by atoms with van der Waals surface area (Å²) in [6, 6.07) is 10.5. The molecule has 1 aliphatic rings. The van der Waals surface area contributed by atoms with Crippen LogP contribution in [0.25, 0.3) is 0 Å². The number of carbonyl (C=O) groups is 1. The van der Waals surface area contributed by atoms with Gasteiger partial charge in [-0.1, -0.05) is 12.1 Å². The lowest BCUT2D eigenvalue weighted by Gasteiger charge is -2.32. The van der Waals surface area contributed by atoms with Gasteiger partial charge in [-0.2, -0.15) is 11.3 Å². The molecule has 1 fully saturated rings. The maximum Gasteiger partial charge on any atom is 0.248 e. The Morgan fingerprint density at radius 1 is 1.22 bits per heavy atom. The van der Waals surface area contributed by atoms with Gasteiger partial charge >= 0.3 is 0 Å². The van der Waals surface area contributed by atoms with Crippen LogP contribution in [0.4, 0.5) is 0 Å². The molecule has 2 heterocycles. The van der Waals surface area contributed by atoms with E-state index in [1.165, 1.54) is 11.1 Å². The fourth-order valence-electron chi connectivity index (χ4n) is 3.41. The number of carbonyl (C=O) groups excluding carboxylic acids is 1. The zero-order valence-electron chi connectivity index (χ0n) is 16.1. The summed E-state index contributed by atoms with van der Waals surface area (Å²) in [5, 5.41) is 4.31. The van der Waals surface area contributed by atoms with Gasteiger partial charge in [0.2, 0.25) is 5.91 Å². The molecular formula is C21H28N2O3S. The minimum Gasteiger partial charge on any atom is -0.490 e. The monoisotopic (exact) mass is 388 g/mol. The largest absolute Gasteiger partial charge is 0.490 e. The van der Waals surface area contributed by atoms with Crippen LogP contribution in [0.1, 0.15) is 24.0 Å². The van der Waals surface area contributed by atoms with Crippen LogP contribution in [0.2, 0.25) is 0 Å². The molecule has 1 saturated heterocycles. The third kappa shape index (κ3) is 6.06. The number of hydrogen-bond acceptors (Lipinski definition) is 5. The van der Waals surface area contributed by atoms with Crippen molar-refractivity contribution in [2.24, 2.45) is 0 Å². The number of nitrogens with zero attached hydrogens (tertiary/aromatic N) is 2. The predicted octanol–water partition coefficient (Wildman–Crippen LogP) is 3.40. The lowest BCUT2D eigenvalue weighted by atomic mass is 10.1. The topological polar surface area (TPSA) is 42.0 Å². The molecule has 0 bridgehead atoms. The molecule has 1 aromatic carbocycles. The first-order valence-corrected chi connectivity index (χ1v) is 10.3. The second-order valence-corrected chi connectivity index (χ2v) is 7.86. The van der Waals surface area contributed by atoms with Crippen molar-refractivity contribution in [3.63, 3.8) is 0 Å². The van der Waals surface area contributed by atoms with Gasteiger partial charge in [0.15, 0.2) is 0 Å². The van der Waals surface area contributed by atoms with Gasteiger partial charge in [0, 0.05) is 46.1 Å². The summed E-state index contributed by atoms with van der Waals surface area (Å²) >= 11 is 1.74. The zero-order chi connectivity index (χ0) is 19.1. The number of piperidine rings is 1. The van der Waals surface area contributed by atoms with Crippen LogP contribution < -0.4 is 4.74 Å². The van der Waals surface area contributed by atoms with Crippen LogP contribution in [0.5, 0.6) is 5.75 Å². The molecular weight excluding hydrogens is 360 g/mol. The molecule has 1 amide bonds. The van der Waals surface area contributed by atoms with E-state index in [1.54, 1.807) is 18.4 Å². The van der Waals surface area contributed by atoms with E-state index in [9.17, 15) is 4.79 Å². The number of rotatable bonds is 8. The summed E-state index contributed by atoms with van der Waals surface area (Å²) < 4.78 is 11.1. The number of hydrogen-bond donors (Lipinski definition) is 0. The Bertz CT molecular complexity index is 712. The maximum absolute atomic E-state index is 11.9. The van der Waals surface area contributed by atoms with E-state index in [-0.39, 0.29) is 18.6 Å². The van der Waals surface area contributed by atoms with Crippen LogP contribution in [-0.2, 0) is 22.6 Å². The summed E-state index contributed by atoms with van der Waals surface area (Å²) in [4.78, 5) is 16.0. The first kappa shape index (κ1) is 19.9. The molecule has 0 aliphatic carbocycles. The van der Waals surface area contributed by atoms with E-state index in [4.69, 9.17) is 9.47 Å². The average Bonchev–Trinajstić information content (AvgIpc) is 3.15. The van der Waals surface area contributed by atoms with Crippen molar-refractivity contribution in [1.82, 2.24) is 9.80 Å². The van der Waals surface area contributed by atoms with E-state index >= 15 is 0 Å². The number of methoxy groups -OCH3 is 1. The van der Waals surface area contributed by atoms with E-state index < -0.39 is 0 Å². The summed E-state index contributed by atoms with van der Waals surface area (Å²) in [5.41, 5.74) is 2.60. The Balaban J connectivity index is 1.48. The van der Waals surface area contributed by atoms with Gasteiger partial charge in [0.1, 0.15) is 18.5 Å². The Kier molecular flexibility index (Phi) is 7.26. The minimum absolute atomic E-state index is 0.0617. The first-order valence-electron chi connectivity index (χ1n) is 9.36. The fraction of sp³-hybridized carbons (Fsp3) is 0.476. The van der Waals surface area contributed by atoms with Gasteiger partial charge in [-0.25, -0.2) is 0 Å². The SMILES string of the molecule is COCC(=O)N1CCC(Oc2cccc(CN(C)Cc3ccsc3)c2)CC1. The van der Waals surface area contributed by atoms with Gasteiger partial charge in [0.05, 0.1) is 0 Å². The van der Waals surface area contributed by atoms with Gasteiger partial charge in [-0.15, -0.1) is 0 Å². The molecule has 0 unspecified atom stereocenters. The van der Waals surface area contributed by atoms with Crippen LogP contribution in [-0.4, -0.2) is 55.7 Å². The highest BCUT2D eigenvalue weighted by Gasteiger charge is 2.23. The molecule has 0 saturated carbocycles. The second kappa shape index (κ2) is 9.88. The molecule has 27 heavy (non-hydrogen) atoms. The van der Waals surface area contributed by atoms with Gasteiger partial charge < -0.3 is 14.4 Å².